The van der Waals surface area contributed by atoms with Gasteiger partial charge in [0, 0.05) is 13.1 Å². The third-order valence-electron chi connectivity index (χ3n) is 2.18. The van der Waals surface area contributed by atoms with Crippen LogP contribution in [0.3, 0.4) is 0 Å². The summed E-state index contributed by atoms with van der Waals surface area (Å²) in [7, 11) is 1.88. The van der Waals surface area contributed by atoms with Gasteiger partial charge in [0.1, 0.15) is 6.33 Å². The molecule has 1 rings (SSSR count). The van der Waals surface area contributed by atoms with E-state index >= 15 is 0 Å². The summed E-state index contributed by atoms with van der Waals surface area (Å²) in [6.07, 6.45) is 4.04. The molecule has 0 saturated heterocycles. The van der Waals surface area contributed by atoms with Gasteiger partial charge in [-0.2, -0.15) is 5.10 Å². The first-order chi connectivity index (χ1) is 6.26. The molecular formula is C9H18N4. The highest BCUT2D eigenvalue weighted by Crippen LogP contribution is 1.97. The van der Waals surface area contributed by atoms with E-state index in [-0.39, 0.29) is 0 Å². The Balaban J connectivity index is 2.33. The SMILES string of the molecule is CCC(CC)NCc1ncn(C)n1. The van der Waals surface area contributed by atoms with Crippen LogP contribution in [0.2, 0.25) is 0 Å². The van der Waals surface area contributed by atoms with Crippen LogP contribution in [0.25, 0.3) is 0 Å². The zero-order valence-electron chi connectivity index (χ0n) is 8.62. The minimum Gasteiger partial charge on any atom is -0.307 e. The molecule has 0 saturated carbocycles. The predicted molar refractivity (Wildman–Crippen MR) is 52.2 cm³/mol. The van der Waals surface area contributed by atoms with Gasteiger partial charge in [-0.1, -0.05) is 13.8 Å². The summed E-state index contributed by atoms with van der Waals surface area (Å²) in [4.78, 5) is 4.15. The van der Waals surface area contributed by atoms with Crippen molar-refractivity contribution in [3.63, 3.8) is 0 Å². The van der Waals surface area contributed by atoms with E-state index in [1.165, 1.54) is 0 Å². The fourth-order valence-corrected chi connectivity index (χ4v) is 1.28. The Morgan fingerprint density at radius 1 is 1.46 bits per heavy atom. The van der Waals surface area contributed by atoms with E-state index in [1.54, 1.807) is 11.0 Å². The molecule has 0 radical (unpaired) electrons. The molecule has 13 heavy (non-hydrogen) atoms. The lowest BCUT2D eigenvalue weighted by molar-refractivity contribution is 0.475. The maximum atomic E-state index is 4.19. The van der Waals surface area contributed by atoms with E-state index in [2.05, 4.69) is 29.2 Å². The first kappa shape index (κ1) is 10.2. The van der Waals surface area contributed by atoms with E-state index in [9.17, 15) is 0 Å². The highest BCUT2D eigenvalue weighted by Gasteiger charge is 2.03. The Kier molecular flexibility index (Phi) is 3.89. The van der Waals surface area contributed by atoms with Gasteiger partial charge in [0.25, 0.3) is 0 Å². The lowest BCUT2D eigenvalue weighted by Gasteiger charge is -2.12. The van der Waals surface area contributed by atoms with Gasteiger partial charge >= 0.3 is 0 Å². The number of hydrogen-bond donors (Lipinski definition) is 1. The average molecular weight is 182 g/mol. The fourth-order valence-electron chi connectivity index (χ4n) is 1.28. The lowest BCUT2D eigenvalue weighted by Crippen LogP contribution is -2.27. The molecule has 0 aliphatic carbocycles. The van der Waals surface area contributed by atoms with Gasteiger partial charge in [0.05, 0.1) is 6.54 Å². The number of aryl methyl sites for hydroxylation is 1. The number of nitrogens with zero attached hydrogens (tertiary/aromatic N) is 3. The first-order valence-corrected chi connectivity index (χ1v) is 4.84. The van der Waals surface area contributed by atoms with Gasteiger partial charge in [0.2, 0.25) is 0 Å². The fraction of sp³-hybridized carbons (Fsp3) is 0.778. The number of nitrogens with one attached hydrogen (secondary N) is 1. The molecule has 0 aliphatic rings. The Morgan fingerprint density at radius 3 is 2.62 bits per heavy atom. The van der Waals surface area contributed by atoms with Gasteiger partial charge in [-0.15, -0.1) is 0 Å². The van der Waals surface area contributed by atoms with Gasteiger partial charge in [-0.25, -0.2) is 4.98 Å². The van der Waals surface area contributed by atoms with E-state index in [0.29, 0.717) is 6.04 Å². The highest BCUT2D eigenvalue weighted by atomic mass is 15.3. The van der Waals surface area contributed by atoms with Crippen molar-refractivity contribution in [2.75, 3.05) is 0 Å². The normalized spacial score (nSPS) is 11.1. The summed E-state index contributed by atoms with van der Waals surface area (Å²) in [5.74, 6) is 0.870. The summed E-state index contributed by atoms with van der Waals surface area (Å²) in [6, 6.07) is 0.587. The summed E-state index contributed by atoms with van der Waals surface area (Å²) < 4.78 is 1.73. The number of aromatic nitrogens is 3. The van der Waals surface area contributed by atoms with Crippen molar-refractivity contribution < 1.29 is 0 Å². The molecule has 1 aromatic heterocycles. The van der Waals surface area contributed by atoms with Gasteiger partial charge in [0.15, 0.2) is 5.82 Å². The molecule has 4 heteroatoms. The smallest absolute Gasteiger partial charge is 0.164 e. The van der Waals surface area contributed by atoms with Crippen LogP contribution in [0.1, 0.15) is 32.5 Å². The Morgan fingerprint density at radius 2 is 2.15 bits per heavy atom. The van der Waals surface area contributed by atoms with Crippen molar-refractivity contribution in [3.8, 4) is 0 Å². The van der Waals surface area contributed by atoms with Crippen LogP contribution in [0.15, 0.2) is 6.33 Å². The van der Waals surface area contributed by atoms with Crippen molar-refractivity contribution in [2.24, 2.45) is 7.05 Å². The van der Waals surface area contributed by atoms with Crippen LogP contribution >= 0.6 is 0 Å². The quantitative estimate of drug-likeness (QED) is 0.741. The zero-order valence-corrected chi connectivity index (χ0v) is 8.62. The standard InChI is InChI=1S/C9H18N4/c1-4-8(5-2)10-6-9-11-7-13(3)12-9/h7-8,10H,4-6H2,1-3H3. The van der Waals surface area contributed by atoms with Gasteiger partial charge in [-0.05, 0) is 12.8 Å². The molecule has 1 N–H and O–H groups in total. The second kappa shape index (κ2) is 4.97. The van der Waals surface area contributed by atoms with E-state index in [0.717, 1.165) is 25.2 Å². The largest absolute Gasteiger partial charge is 0.307 e. The third kappa shape index (κ3) is 3.14. The van der Waals surface area contributed by atoms with Crippen molar-refractivity contribution in [1.29, 1.82) is 0 Å². The van der Waals surface area contributed by atoms with Crippen molar-refractivity contribution >= 4 is 0 Å². The molecule has 0 amide bonds. The highest BCUT2D eigenvalue weighted by molar-refractivity contribution is 4.81. The van der Waals surface area contributed by atoms with Gasteiger partial charge in [-0.3, -0.25) is 4.68 Å². The van der Waals surface area contributed by atoms with Crippen LogP contribution in [-0.4, -0.2) is 20.8 Å². The molecule has 1 heterocycles. The molecule has 0 spiro atoms. The molecule has 1 aromatic rings. The van der Waals surface area contributed by atoms with Crippen molar-refractivity contribution in [2.45, 2.75) is 39.3 Å². The van der Waals surface area contributed by atoms with Crippen LogP contribution in [-0.2, 0) is 13.6 Å². The van der Waals surface area contributed by atoms with Crippen LogP contribution in [0.4, 0.5) is 0 Å². The minimum absolute atomic E-state index is 0.587. The molecule has 0 atom stereocenters. The second-order valence-electron chi connectivity index (χ2n) is 3.23. The number of rotatable bonds is 5. The van der Waals surface area contributed by atoms with Crippen LogP contribution in [0.5, 0.6) is 0 Å². The topological polar surface area (TPSA) is 42.7 Å². The molecular weight excluding hydrogens is 164 g/mol. The van der Waals surface area contributed by atoms with E-state index in [4.69, 9.17) is 0 Å². The maximum absolute atomic E-state index is 4.19. The van der Waals surface area contributed by atoms with E-state index in [1.807, 2.05) is 7.05 Å². The monoisotopic (exact) mass is 182 g/mol. The minimum atomic E-state index is 0.587. The molecule has 4 nitrogen and oxygen atoms in total. The molecule has 0 bridgehead atoms. The number of hydrogen-bond acceptors (Lipinski definition) is 3. The molecule has 0 fully saturated rings. The lowest BCUT2D eigenvalue weighted by atomic mass is 10.2. The summed E-state index contributed by atoms with van der Waals surface area (Å²) in [5.41, 5.74) is 0. The summed E-state index contributed by atoms with van der Waals surface area (Å²) in [5, 5.41) is 7.60. The molecule has 0 aromatic carbocycles. The van der Waals surface area contributed by atoms with Gasteiger partial charge < -0.3 is 5.32 Å². The predicted octanol–water partition coefficient (Wildman–Crippen LogP) is 1.09. The maximum Gasteiger partial charge on any atom is 0.164 e. The Bertz CT molecular complexity index is 240. The van der Waals surface area contributed by atoms with Crippen LogP contribution < -0.4 is 5.32 Å². The summed E-state index contributed by atoms with van der Waals surface area (Å²) in [6.45, 7) is 5.15. The first-order valence-electron chi connectivity index (χ1n) is 4.84. The summed E-state index contributed by atoms with van der Waals surface area (Å²) >= 11 is 0. The Hall–Kier alpha value is -0.900. The van der Waals surface area contributed by atoms with E-state index < -0.39 is 0 Å². The van der Waals surface area contributed by atoms with Crippen molar-refractivity contribution in [3.05, 3.63) is 12.2 Å². The molecule has 74 valence electrons. The average Bonchev–Trinajstić information content (AvgIpc) is 2.53. The van der Waals surface area contributed by atoms with Crippen LogP contribution in [0, 0.1) is 0 Å². The van der Waals surface area contributed by atoms with Crippen molar-refractivity contribution in [1.82, 2.24) is 20.1 Å². The molecule has 0 unspecified atom stereocenters. The third-order valence-corrected chi connectivity index (χ3v) is 2.18. The second-order valence-corrected chi connectivity index (χ2v) is 3.23. The zero-order chi connectivity index (χ0) is 9.68. The Labute approximate surface area is 79.4 Å². The molecule has 0 aliphatic heterocycles.